The highest BCUT2D eigenvalue weighted by Crippen LogP contribution is 2.35. The largest absolute Gasteiger partial charge is 0.481 e. The van der Waals surface area contributed by atoms with Crippen LogP contribution in [0.1, 0.15) is 68.2 Å². The number of hydrogen-bond acceptors (Lipinski definition) is 4. The van der Waals surface area contributed by atoms with Gasteiger partial charge in [0.1, 0.15) is 0 Å². The highest BCUT2D eigenvalue weighted by Gasteiger charge is 2.41. The molecule has 0 aromatic carbocycles. The summed E-state index contributed by atoms with van der Waals surface area (Å²) in [6, 6.07) is 2.00. The van der Waals surface area contributed by atoms with E-state index in [-0.39, 0.29) is 5.92 Å². The highest BCUT2D eigenvalue weighted by molar-refractivity contribution is 5.83. The van der Waals surface area contributed by atoms with Gasteiger partial charge in [-0.15, -0.1) is 0 Å². The summed E-state index contributed by atoms with van der Waals surface area (Å²) in [6.45, 7) is 15.3. The molecule has 0 aromatic heterocycles. The number of carbonyl (C=O) groups excluding carboxylic acids is 1. The highest BCUT2D eigenvalue weighted by atomic mass is 16.5. The Balaban J connectivity index is -0.000000321. The van der Waals surface area contributed by atoms with Gasteiger partial charge in [0.15, 0.2) is 5.41 Å². The number of carboxylic acids is 1. The van der Waals surface area contributed by atoms with Gasteiger partial charge in [-0.3, -0.25) is 4.79 Å². The first-order valence-electron chi connectivity index (χ1n) is 8.57. The molecule has 0 bridgehead atoms. The second-order valence-electron chi connectivity index (χ2n) is 5.66. The van der Waals surface area contributed by atoms with E-state index in [9.17, 15) is 9.59 Å². The zero-order valence-electron chi connectivity index (χ0n) is 16.8. The van der Waals surface area contributed by atoms with Gasteiger partial charge in [0.05, 0.1) is 18.6 Å². The van der Waals surface area contributed by atoms with Gasteiger partial charge in [-0.2, -0.15) is 5.26 Å². The van der Waals surface area contributed by atoms with E-state index >= 15 is 0 Å². The SMILES string of the molecule is CC.CC.CCC(C)(C)C(=O)O.COC(=O)C1(C#N)C=CC(C)C1. The van der Waals surface area contributed by atoms with Gasteiger partial charge < -0.3 is 9.84 Å². The maximum atomic E-state index is 11.2. The molecule has 1 N–H and O–H groups in total. The Morgan fingerprint density at radius 1 is 1.33 bits per heavy atom. The van der Waals surface area contributed by atoms with Crippen LogP contribution in [0, 0.1) is 28.1 Å². The van der Waals surface area contributed by atoms with Crippen molar-refractivity contribution in [2.24, 2.45) is 16.7 Å². The van der Waals surface area contributed by atoms with Crippen molar-refractivity contribution in [2.45, 2.75) is 68.2 Å². The van der Waals surface area contributed by atoms with Crippen LogP contribution in [0.25, 0.3) is 0 Å². The van der Waals surface area contributed by atoms with Crippen LogP contribution in [0.3, 0.4) is 0 Å². The Labute approximate surface area is 147 Å². The van der Waals surface area contributed by atoms with Crippen molar-refractivity contribution in [3.8, 4) is 6.07 Å². The lowest BCUT2D eigenvalue weighted by Gasteiger charge is -2.15. The minimum absolute atomic E-state index is 0.281. The molecule has 1 aliphatic rings. The molecular weight excluding hydrogens is 306 g/mol. The third kappa shape index (κ3) is 8.71. The number of aliphatic carboxylic acids is 1. The van der Waals surface area contributed by atoms with Crippen molar-refractivity contribution in [3.05, 3.63) is 12.2 Å². The van der Waals surface area contributed by atoms with Crippen LogP contribution < -0.4 is 0 Å². The lowest BCUT2D eigenvalue weighted by molar-refractivity contribution is -0.147. The Morgan fingerprint density at radius 3 is 1.96 bits per heavy atom. The van der Waals surface area contributed by atoms with Crippen LogP contribution in [-0.4, -0.2) is 24.2 Å². The number of rotatable bonds is 3. The first-order chi connectivity index (χ1) is 11.1. The monoisotopic (exact) mass is 341 g/mol. The Hall–Kier alpha value is -1.83. The van der Waals surface area contributed by atoms with Gasteiger partial charge >= 0.3 is 11.9 Å². The van der Waals surface area contributed by atoms with Crippen molar-refractivity contribution < 1.29 is 19.4 Å². The van der Waals surface area contributed by atoms with E-state index < -0.39 is 22.8 Å². The Kier molecular flexibility index (Phi) is 15.3. The quantitative estimate of drug-likeness (QED) is 0.587. The number of carboxylic acid groups (broad SMARTS) is 1. The molecular formula is C19H35NO4. The summed E-state index contributed by atoms with van der Waals surface area (Å²) in [5.74, 6) is -0.894. The molecule has 24 heavy (non-hydrogen) atoms. The third-order valence-electron chi connectivity index (χ3n) is 3.57. The van der Waals surface area contributed by atoms with E-state index in [0.29, 0.717) is 12.8 Å². The minimum atomic E-state index is -1.02. The number of esters is 1. The number of nitriles is 1. The molecule has 0 saturated heterocycles. The van der Waals surface area contributed by atoms with Crippen LogP contribution in [0.4, 0.5) is 0 Å². The number of allylic oxidation sites excluding steroid dienone is 1. The molecule has 0 aliphatic heterocycles. The van der Waals surface area contributed by atoms with Crippen LogP contribution in [-0.2, 0) is 14.3 Å². The number of hydrogen-bond donors (Lipinski definition) is 1. The third-order valence-corrected chi connectivity index (χ3v) is 3.57. The molecule has 5 heteroatoms. The summed E-state index contributed by atoms with van der Waals surface area (Å²) in [6.07, 6.45) is 4.74. The van der Waals surface area contributed by atoms with E-state index in [0.717, 1.165) is 0 Å². The van der Waals surface area contributed by atoms with Gasteiger partial charge in [0, 0.05) is 0 Å². The molecule has 140 valence electrons. The summed E-state index contributed by atoms with van der Waals surface area (Å²) >= 11 is 0. The smallest absolute Gasteiger partial charge is 0.330 e. The molecule has 2 atom stereocenters. The average molecular weight is 341 g/mol. The topological polar surface area (TPSA) is 87.4 Å². The van der Waals surface area contributed by atoms with Gasteiger partial charge in [-0.05, 0) is 32.6 Å². The van der Waals surface area contributed by atoms with Crippen molar-refractivity contribution >= 4 is 11.9 Å². The first kappa shape index (κ1) is 27.0. The molecule has 5 nitrogen and oxygen atoms in total. The van der Waals surface area contributed by atoms with E-state index in [1.165, 1.54) is 7.11 Å². The standard InChI is InChI=1S/C9H11NO2.C6H12O2.2C2H6/c1-7-3-4-9(5-7,6-10)8(11)12-2;1-4-6(2,3)5(7)8;2*1-2/h3-4,7H,5H2,1-2H3;4H2,1-3H3,(H,7,8);2*1-2H3. The molecule has 1 aliphatic carbocycles. The summed E-state index contributed by atoms with van der Waals surface area (Å²) in [5, 5.41) is 17.3. The predicted molar refractivity (Wildman–Crippen MR) is 97.4 cm³/mol. The number of methoxy groups -OCH3 is 1. The van der Waals surface area contributed by atoms with Crippen molar-refractivity contribution in [1.29, 1.82) is 5.26 Å². The maximum absolute atomic E-state index is 11.2. The van der Waals surface area contributed by atoms with Crippen LogP contribution >= 0.6 is 0 Å². The maximum Gasteiger partial charge on any atom is 0.330 e. The summed E-state index contributed by atoms with van der Waals surface area (Å²) in [5.41, 5.74) is -1.56. The summed E-state index contributed by atoms with van der Waals surface area (Å²) < 4.78 is 4.56. The van der Waals surface area contributed by atoms with E-state index in [4.69, 9.17) is 10.4 Å². The fourth-order valence-electron chi connectivity index (χ4n) is 1.59. The first-order valence-corrected chi connectivity index (χ1v) is 8.57. The predicted octanol–water partition coefficient (Wildman–Crippen LogP) is 4.82. The van der Waals surface area contributed by atoms with Gasteiger partial charge in [0.2, 0.25) is 0 Å². The molecule has 0 saturated carbocycles. The molecule has 0 fully saturated rings. The number of ether oxygens (including phenoxy) is 1. The fraction of sp³-hybridized carbons (Fsp3) is 0.737. The molecule has 0 aromatic rings. The van der Waals surface area contributed by atoms with Crippen LogP contribution in [0.5, 0.6) is 0 Å². The molecule has 0 amide bonds. The summed E-state index contributed by atoms with van der Waals surface area (Å²) in [7, 11) is 1.30. The molecule has 1 rings (SSSR count). The van der Waals surface area contributed by atoms with E-state index in [2.05, 4.69) is 4.74 Å². The molecule has 0 spiro atoms. The van der Waals surface area contributed by atoms with Crippen LogP contribution in [0.2, 0.25) is 0 Å². The molecule has 0 radical (unpaired) electrons. The lowest BCUT2D eigenvalue weighted by atomic mass is 9.87. The van der Waals surface area contributed by atoms with Crippen LogP contribution in [0.15, 0.2) is 12.2 Å². The van der Waals surface area contributed by atoms with Gasteiger partial charge in [-0.1, -0.05) is 53.7 Å². The lowest BCUT2D eigenvalue weighted by Crippen LogP contribution is -2.27. The molecule has 0 heterocycles. The second kappa shape index (κ2) is 13.6. The van der Waals surface area contributed by atoms with Crippen molar-refractivity contribution in [1.82, 2.24) is 0 Å². The number of carbonyl (C=O) groups is 2. The molecule has 2 unspecified atom stereocenters. The Bertz CT molecular complexity index is 435. The average Bonchev–Trinajstić information content (AvgIpc) is 3.00. The van der Waals surface area contributed by atoms with Crippen molar-refractivity contribution in [2.75, 3.05) is 7.11 Å². The minimum Gasteiger partial charge on any atom is -0.481 e. The van der Waals surface area contributed by atoms with E-state index in [1.807, 2.05) is 53.7 Å². The summed E-state index contributed by atoms with van der Waals surface area (Å²) in [4.78, 5) is 21.5. The van der Waals surface area contributed by atoms with Crippen molar-refractivity contribution in [3.63, 3.8) is 0 Å². The number of nitrogens with zero attached hydrogens (tertiary/aromatic N) is 1. The van der Waals surface area contributed by atoms with Gasteiger partial charge in [0.25, 0.3) is 0 Å². The van der Waals surface area contributed by atoms with E-state index in [1.54, 1.807) is 19.9 Å². The Morgan fingerprint density at radius 2 is 1.79 bits per heavy atom. The van der Waals surface area contributed by atoms with Gasteiger partial charge in [-0.25, -0.2) is 4.79 Å². The zero-order chi connectivity index (χ0) is 20.0. The normalized spacial score (nSPS) is 20.8. The zero-order valence-corrected chi connectivity index (χ0v) is 16.8. The fourth-order valence-corrected chi connectivity index (χ4v) is 1.59. The second-order valence-corrected chi connectivity index (χ2v) is 5.66.